The van der Waals surface area contributed by atoms with Crippen LogP contribution in [-0.2, 0) is 16.9 Å². The van der Waals surface area contributed by atoms with Crippen molar-refractivity contribution in [3.63, 3.8) is 0 Å². The summed E-state index contributed by atoms with van der Waals surface area (Å²) < 4.78 is 31.1. The van der Waals surface area contributed by atoms with Crippen LogP contribution in [0, 0.1) is 0 Å². The van der Waals surface area contributed by atoms with Crippen LogP contribution in [-0.4, -0.2) is 61.9 Å². The number of ether oxygens (including phenoxy) is 1. The second-order valence-corrected chi connectivity index (χ2v) is 8.26. The van der Waals surface area contributed by atoms with Gasteiger partial charge in [0.1, 0.15) is 18.2 Å². The minimum atomic E-state index is -3.22. The van der Waals surface area contributed by atoms with Gasteiger partial charge in [0.05, 0.1) is 10.9 Å². The van der Waals surface area contributed by atoms with Gasteiger partial charge in [-0.05, 0) is 18.2 Å². The average molecular weight is 401 g/mol. The summed E-state index contributed by atoms with van der Waals surface area (Å²) in [6.45, 7) is 3.96. The maximum Gasteiger partial charge on any atom is 0.175 e. The molecule has 2 aromatic rings. The lowest BCUT2D eigenvalue weighted by Crippen LogP contribution is -2.48. The summed E-state index contributed by atoms with van der Waals surface area (Å²) >= 11 is 0. The van der Waals surface area contributed by atoms with Crippen molar-refractivity contribution < 1.29 is 13.2 Å². The quantitative estimate of drug-likeness (QED) is 0.787. The molecular formula is C17H25ClN4O3S. The van der Waals surface area contributed by atoms with Crippen LogP contribution in [0.2, 0.25) is 0 Å². The van der Waals surface area contributed by atoms with Gasteiger partial charge in [-0.25, -0.2) is 13.4 Å². The van der Waals surface area contributed by atoms with Crippen molar-refractivity contribution in [1.82, 2.24) is 19.8 Å². The molecule has 1 atom stereocenters. The van der Waals surface area contributed by atoms with E-state index in [4.69, 9.17) is 4.74 Å². The van der Waals surface area contributed by atoms with Crippen molar-refractivity contribution in [2.75, 3.05) is 39.0 Å². The fourth-order valence-corrected chi connectivity index (χ4v) is 3.70. The second kappa shape index (κ2) is 8.85. The van der Waals surface area contributed by atoms with Gasteiger partial charge in [0.25, 0.3) is 0 Å². The van der Waals surface area contributed by atoms with E-state index in [0.29, 0.717) is 12.4 Å². The van der Waals surface area contributed by atoms with Crippen molar-refractivity contribution in [2.45, 2.75) is 10.9 Å². The number of nitrogens with one attached hydrogen (secondary N) is 1. The normalized spacial score (nSPS) is 18.3. The van der Waals surface area contributed by atoms with Gasteiger partial charge in [-0.2, -0.15) is 0 Å². The zero-order chi connectivity index (χ0) is 17.9. The number of aryl methyl sites for hydroxylation is 1. The number of rotatable bonds is 6. The molecule has 7 nitrogen and oxygen atoms in total. The lowest BCUT2D eigenvalue weighted by atomic mass is 10.2. The molecule has 0 spiro atoms. The van der Waals surface area contributed by atoms with E-state index in [2.05, 4.69) is 15.2 Å². The van der Waals surface area contributed by atoms with Gasteiger partial charge in [0.2, 0.25) is 0 Å². The Labute approximate surface area is 160 Å². The van der Waals surface area contributed by atoms with Crippen LogP contribution < -0.4 is 10.1 Å². The molecule has 0 amide bonds. The first-order valence-corrected chi connectivity index (χ1v) is 10.2. The highest BCUT2D eigenvalue weighted by atomic mass is 35.5. The molecule has 9 heteroatoms. The van der Waals surface area contributed by atoms with Gasteiger partial charge < -0.3 is 14.6 Å². The number of sulfone groups is 1. The predicted molar refractivity (Wildman–Crippen MR) is 103 cm³/mol. The fraction of sp³-hybridized carbons (Fsp3) is 0.471. The first-order chi connectivity index (χ1) is 11.9. The molecule has 1 aromatic heterocycles. The molecule has 1 saturated heterocycles. The Kier molecular flexibility index (Phi) is 7.05. The smallest absolute Gasteiger partial charge is 0.175 e. The van der Waals surface area contributed by atoms with E-state index in [1.807, 2.05) is 24.0 Å². The van der Waals surface area contributed by atoms with Gasteiger partial charge >= 0.3 is 0 Å². The Bertz CT molecular complexity index is 825. The third kappa shape index (κ3) is 4.97. The molecule has 1 unspecified atom stereocenters. The molecule has 0 radical (unpaired) electrons. The standard InChI is InChI=1S/C17H24N4O3S.ClH/c1-20-8-7-19-17(20)16-13-18-6-9-21(16)10-11-24-14-4-3-5-15(12-14)25(2,22)23;/h3-5,7-8,12,16,18H,6,9-11,13H2,1-2H3;1H. The molecule has 144 valence electrons. The SMILES string of the molecule is Cl.Cn1ccnc1C1CNCCN1CCOc1cccc(S(C)(=O)=O)c1. The molecule has 1 aromatic carbocycles. The Hall–Kier alpha value is -1.61. The summed E-state index contributed by atoms with van der Waals surface area (Å²) in [6.07, 6.45) is 4.97. The predicted octanol–water partition coefficient (Wildman–Crippen LogP) is 1.27. The van der Waals surface area contributed by atoms with Crippen molar-refractivity contribution in [3.8, 4) is 5.75 Å². The average Bonchev–Trinajstić information content (AvgIpc) is 3.01. The lowest BCUT2D eigenvalue weighted by molar-refractivity contribution is 0.127. The van der Waals surface area contributed by atoms with E-state index < -0.39 is 9.84 Å². The molecule has 3 rings (SSSR count). The number of benzene rings is 1. The van der Waals surface area contributed by atoms with Crippen molar-refractivity contribution in [1.29, 1.82) is 0 Å². The maximum atomic E-state index is 11.6. The summed E-state index contributed by atoms with van der Waals surface area (Å²) in [5.74, 6) is 1.61. The first kappa shape index (κ1) is 20.7. The second-order valence-electron chi connectivity index (χ2n) is 6.25. The Morgan fingerprint density at radius 3 is 2.88 bits per heavy atom. The highest BCUT2D eigenvalue weighted by Crippen LogP contribution is 2.21. The zero-order valence-electron chi connectivity index (χ0n) is 15.0. The summed E-state index contributed by atoms with van der Waals surface area (Å²) in [5.41, 5.74) is 0. The number of nitrogens with zero attached hydrogens (tertiary/aromatic N) is 3. The molecule has 0 saturated carbocycles. The number of aromatic nitrogens is 2. The molecule has 0 aliphatic carbocycles. The van der Waals surface area contributed by atoms with Gasteiger partial charge in [-0.15, -0.1) is 12.4 Å². The van der Waals surface area contributed by atoms with Crippen LogP contribution in [0.1, 0.15) is 11.9 Å². The van der Waals surface area contributed by atoms with Crippen LogP contribution in [0.5, 0.6) is 5.75 Å². The summed E-state index contributed by atoms with van der Waals surface area (Å²) in [7, 11) is -1.22. The monoisotopic (exact) mass is 400 g/mol. The van der Waals surface area contributed by atoms with Crippen LogP contribution >= 0.6 is 12.4 Å². The van der Waals surface area contributed by atoms with E-state index in [1.165, 1.54) is 6.26 Å². The minimum Gasteiger partial charge on any atom is -0.492 e. The minimum absolute atomic E-state index is 0. The van der Waals surface area contributed by atoms with Gasteiger partial charge in [-0.3, -0.25) is 4.90 Å². The Morgan fingerprint density at radius 1 is 1.38 bits per heavy atom. The number of hydrogen-bond donors (Lipinski definition) is 1. The molecule has 26 heavy (non-hydrogen) atoms. The van der Waals surface area contributed by atoms with Gasteiger partial charge in [0.15, 0.2) is 9.84 Å². The summed E-state index contributed by atoms with van der Waals surface area (Å²) in [4.78, 5) is 7.09. The number of piperazine rings is 1. The first-order valence-electron chi connectivity index (χ1n) is 8.30. The fourth-order valence-electron chi connectivity index (χ4n) is 3.04. The molecule has 1 fully saturated rings. The number of halogens is 1. The van der Waals surface area contributed by atoms with E-state index in [0.717, 1.165) is 32.0 Å². The summed E-state index contributed by atoms with van der Waals surface area (Å²) in [6, 6.07) is 6.84. The highest BCUT2D eigenvalue weighted by Gasteiger charge is 2.26. The molecular weight excluding hydrogens is 376 g/mol. The van der Waals surface area contributed by atoms with E-state index in [1.54, 1.807) is 24.3 Å². The Morgan fingerprint density at radius 2 is 2.19 bits per heavy atom. The molecule has 1 N–H and O–H groups in total. The molecule has 2 heterocycles. The molecule has 1 aliphatic rings. The topological polar surface area (TPSA) is 76.5 Å². The third-order valence-electron chi connectivity index (χ3n) is 4.39. The van der Waals surface area contributed by atoms with Crippen LogP contribution in [0.25, 0.3) is 0 Å². The van der Waals surface area contributed by atoms with Crippen LogP contribution in [0.4, 0.5) is 0 Å². The highest BCUT2D eigenvalue weighted by molar-refractivity contribution is 7.90. The van der Waals surface area contributed by atoms with E-state index in [-0.39, 0.29) is 23.3 Å². The Balaban J connectivity index is 0.00000243. The number of imidazole rings is 1. The molecule has 1 aliphatic heterocycles. The molecule has 0 bridgehead atoms. The summed E-state index contributed by atoms with van der Waals surface area (Å²) in [5, 5.41) is 3.41. The third-order valence-corrected chi connectivity index (χ3v) is 5.50. The van der Waals surface area contributed by atoms with E-state index >= 15 is 0 Å². The largest absolute Gasteiger partial charge is 0.492 e. The lowest BCUT2D eigenvalue weighted by Gasteiger charge is -2.35. The van der Waals surface area contributed by atoms with E-state index in [9.17, 15) is 8.42 Å². The van der Waals surface area contributed by atoms with Crippen LogP contribution in [0.3, 0.4) is 0 Å². The number of hydrogen-bond acceptors (Lipinski definition) is 6. The van der Waals surface area contributed by atoms with Gasteiger partial charge in [-0.1, -0.05) is 6.07 Å². The zero-order valence-corrected chi connectivity index (χ0v) is 16.6. The van der Waals surface area contributed by atoms with Crippen molar-refractivity contribution >= 4 is 22.2 Å². The van der Waals surface area contributed by atoms with Crippen molar-refractivity contribution in [3.05, 3.63) is 42.5 Å². The van der Waals surface area contributed by atoms with Gasteiger partial charge in [0, 0.05) is 51.9 Å². The maximum absolute atomic E-state index is 11.6. The van der Waals surface area contributed by atoms with Crippen LogP contribution in [0.15, 0.2) is 41.6 Å². The van der Waals surface area contributed by atoms with Crippen molar-refractivity contribution in [2.24, 2.45) is 7.05 Å².